The third-order valence-corrected chi connectivity index (χ3v) is 9.26. The molecule has 2 amide bonds. The Balaban J connectivity index is 0.816. The van der Waals surface area contributed by atoms with Gasteiger partial charge in [0.25, 0.3) is 5.69 Å². The molecule has 19 nitrogen and oxygen atoms in total. The highest BCUT2D eigenvalue weighted by molar-refractivity contribution is 5.79. The van der Waals surface area contributed by atoms with Crippen molar-refractivity contribution < 1.29 is 24.0 Å². The zero-order chi connectivity index (χ0) is 40.6. The first-order valence-corrected chi connectivity index (χ1v) is 18.3. The molecule has 296 valence electrons. The van der Waals surface area contributed by atoms with Gasteiger partial charge in [0.2, 0.25) is 35.5 Å². The number of fused-ring (bicyclic) bond motifs is 2. The number of nitrogens with one attached hydrogen (secondary N) is 3. The number of imidazole rings is 2. The van der Waals surface area contributed by atoms with Gasteiger partial charge in [-0.1, -0.05) is 66.7 Å². The van der Waals surface area contributed by atoms with Gasteiger partial charge >= 0.3 is 0 Å². The number of rotatable bonds is 17. The van der Waals surface area contributed by atoms with Crippen LogP contribution in [-0.2, 0) is 35.9 Å². The molecule has 0 aliphatic carbocycles. The van der Waals surface area contributed by atoms with Crippen LogP contribution in [0.2, 0.25) is 0 Å². The van der Waals surface area contributed by atoms with Crippen LogP contribution in [0.4, 0.5) is 17.6 Å². The Bertz CT molecular complexity index is 2570. The quantitative estimate of drug-likeness (QED) is 0.0631. The lowest BCUT2D eigenvalue weighted by Crippen LogP contribution is -2.25. The van der Waals surface area contributed by atoms with E-state index in [4.69, 9.17) is 20.9 Å². The molecule has 4 aromatic heterocycles. The number of aromatic amines is 1. The topological polar surface area (TPSA) is 270 Å². The number of anilines is 2. The van der Waals surface area contributed by atoms with Crippen LogP contribution >= 0.6 is 0 Å². The fraction of sp³-hybridized carbons (Fsp3) is 0.231. The molecule has 0 saturated carbocycles. The van der Waals surface area contributed by atoms with Gasteiger partial charge in [-0.25, -0.2) is 9.97 Å². The van der Waals surface area contributed by atoms with Gasteiger partial charge in [-0.15, -0.1) is 0 Å². The Morgan fingerprint density at radius 1 is 0.793 bits per heavy atom. The minimum Gasteiger partial charge on any atom is -0.471 e. The lowest BCUT2D eigenvalue weighted by molar-refractivity contribution is -0.385. The van der Waals surface area contributed by atoms with Crippen LogP contribution in [0, 0.1) is 10.1 Å². The Morgan fingerprint density at radius 2 is 1.36 bits per heavy atom. The number of amides is 2. The fourth-order valence-electron chi connectivity index (χ4n) is 6.17. The molecule has 0 spiro atoms. The van der Waals surface area contributed by atoms with Gasteiger partial charge in [-0.2, -0.15) is 19.9 Å². The second-order valence-corrected chi connectivity index (χ2v) is 13.3. The van der Waals surface area contributed by atoms with Gasteiger partial charge in [0, 0.05) is 32.0 Å². The van der Waals surface area contributed by atoms with Gasteiger partial charge in [0.1, 0.15) is 18.7 Å². The van der Waals surface area contributed by atoms with E-state index in [1.807, 2.05) is 55.5 Å². The number of nitrogen functional groups attached to an aromatic ring is 2. The summed E-state index contributed by atoms with van der Waals surface area (Å²) in [7, 11) is 0. The van der Waals surface area contributed by atoms with Crippen LogP contribution in [0.1, 0.15) is 60.0 Å². The summed E-state index contributed by atoms with van der Waals surface area (Å²) in [4.78, 5) is 64.4. The third-order valence-electron chi connectivity index (χ3n) is 9.26. The lowest BCUT2D eigenvalue weighted by atomic mass is 10.1. The molecule has 0 bridgehead atoms. The Morgan fingerprint density at radius 3 is 2.00 bits per heavy atom. The molecule has 1 atom stereocenters. The largest absolute Gasteiger partial charge is 0.471 e. The molecule has 0 saturated heterocycles. The number of para-hydroxylation sites is 1. The SMILES string of the molecule is CC(c1ccccc1[N+](=O)[O-])n1cnc2c(OCc3ccc(CNC(=O)CCCC(=O)NCc4ccc(COc5nc(N)nc6nc[nH]c56)cc4)cc3)nc(N)nc21. The molecule has 19 heteroatoms. The first kappa shape index (κ1) is 38.6. The van der Waals surface area contributed by atoms with Gasteiger partial charge in [-0.3, -0.25) is 19.7 Å². The maximum Gasteiger partial charge on any atom is 0.274 e. The average Bonchev–Trinajstić information content (AvgIpc) is 3.88. The molecular weight excluding hydrogens is 747 g/mol. The van der Waals surface area contributed by atoms with Crippen LogP contribution in [0.5, 0.6) is 11.8 Å². The van der Waals surface area contributed by atoms with Crippen LogP contribution in [0.3, 0.4) is 0 Å². The summed E-state index contributed by atoms with van der Waals surface area (Å²) >= 11 is 0. The van der Waals surface area contributed by atoms with Crippen LogP contribution in [0.25, 0.3) is 22.3 Å². The van der Waals surface area contributed by atoms with E-state index in [2.05, 4.69) is 45.5 Å². The Labute approximate surface area is 330 Å². The molecule has 3 aromatic carbocycles. The van der Waals surface area contributed by atoms with E-state index < -0.39 is 11.0 Å². The summed E-state index contributed by atoms with van der Waals surface area (Å²) in [5.74, 6) is 0.243. The standard InChI is InChI=1S/C39H39N13O6/c1-23(28-5-2-3-6-29(28)52(55)56)51-22-46-33-35(51)48-39(41)50-37(33)58-20-27-15-11-25(12-16-27)18-43-31(54)8-4-7-30(53)42-17-24-9-13-26(14-10-24)19-57-36-32-34(45-21-44-32)47-38(40)49-36/h2-3,5-6,9-16,21-23H,4,7-8,17-20H2,1H3,(H,42,53)(H,43,54)(H2,41,48,50)(H3,40,44,45,47,49). The van der Waals surface area contributed by atoms with Crippen molar-refractivity contribution >= 4 is 51.7 Å². The second-order valence-electron chi connectivity index (χ2n) is 13.3. The number of carbonyl (C=O) groups is 2. The molecule has 7 aromatic rings. The summed E-state index contributed by atoms with van der Waals surface area (Å²) in [5.41, 5.74) is 17.5. The first-order valence-electron chi connectivity index (χ1n) is 18.3. The predicted molar refractivity (Wildman–Crippen MR) is 212 cm³/mol. The van der Waals surface area contributed by atoms with Crippen molar-refractivity contribution in [1.82, 2.24) is 50.1 Å². The van der Waals surface area contributed by atoms with E-state index in [9.17, 15) is 19.7 Å². The van der Waals surface area contributed by atoms with Crippen molar-refractivity contribution in [2.75, 3.05) is 11.5 Å². The average molecular weight is 786 g/mol. The van der Waals surface area contributed by atoms with Gasteiger partial charge in [0.15, 0.2) is 16.8 Å². The van der Waals surface area contributed by atoms with Crippen molar-refractivity contribution in [3.05, 3.63) is 123 Å². The summed E-state index contributed by atoms with van der Waals surface area (Å²) in [6, 6.07) is 21.2. The summed E-state index contributed by atoms with van der Waals surface area (Å²) in [5, 5.41) is 17.4. The summed E-state index contributed by atoms with van der Waals surface area (Å²) in [6.07, 6.45) is 3.87. The molecule has 0 radical (unpaired) electrons. The van der Waals surface area contributed by atoms with E-state index in [0.717, 1.165) is 22.3 Å². The smallest absolute Gasteiger partial charge is 0.274 e. The maximum absolute atomic E-state index is 12.5. The molecule has 0 aliphatic rings. The number of nitrogens with zero attached hydrogens (tertiary/aromatic N) is 8. The van der Waals surface area contributed by atoms with Gasteiger partial charge in [0.05, 0.1) is 29.2 Å². The van der Waals surface area contributed by atoms with E-state index in [1.54, 1.807) is 22.8 Å². The molecule has 0 fully saturated rings. The highest BCUT2D eigenvalue weighted by atomic mass is 16.6. The van der Waals surface area contributed by atoms with Crippen LogP contribution in [-0.4, -0.2) is 56.2 Å². The monoisotopic (exact) mass is 785 g/mol. The van der Waals surface area contributed by atoms with Crippen LogP contribution < -0.4 is 31.6 Å². The Kier molecular flexibility index (Phi) is 11.6. The van der Waals surface area contributed by atoms with Crippen molar-refractivity contribution in [2.24, 2.45) is 0 Å². The number of nitro groups is 1. The van der Waals surface area contributed by atoms with E-state index in [0.29, 0.717) is 53.3 Å². The minimum atomic E-state index is -0.468. The van der Waals surface area contributed by atoms with Crippen molar-refractivity contribution in [2.45, 2.75) is 58.5 Å². The highest BCUT2D eigenvalue weighted by Gasteiger charge is 2.23. The molecule has 58 heavy (non-hydrogen) atoms. The van der Waals surface area contributed by atoms with E-state index >= 15 is 0 Å². The van der Waals surface area contributed by atoms with Crippen molar-refractivity contribution in [3.8, 4) is 11.8 Å². The number of carbonyl (C=O) groups excluding carboxylic acids is 2. The molecule has 7 N–H and O–H groups in total. The zero-order valence-corrected chi connectivity index (χ0v) is 31.3. The van der Waals surface area contributed by atoms with E-state index in [-0.39, 0.29) is 61.3 Å². The molecule has 4 heterocycles. The molecule has 7 rings (SSSR count). The molecular formula is C39H39N13O6. The van der Waals surface area contributed by atoms with Crippen molar-refractivity contribution in [3.63, 3.8) is 0 Å². The maximum atomic E-state index is 12.5. The zero-order valence-electron chi connectivity index (χ0n) is 31.3. The number of H-pyrrole nitrogens is 1. The highest BCUT2D eigenvalue weighted by Crippen LogP contribution is 2.32. The number of aromatic nitrogens is 8. The molecule has 1 unspecified atom stereocenters. The summed E-state index contributed by atoms with van der Waals surface area (Å²) in [6.45, 7) is 2.91. The van der Waals surface area contributed by atoms with Crippen molar-refractivity contribution in [1.29, 1.82) is 0 Å². The number of hydrogen-bond donors (Lipinski definition) is 5. The number of benzene rings is 3. The Hall–Kier alpha value is -7.70. The second kappa shape index (κ2) is 17.4. The number of hydrogen-bond acceptors (Lipinski definition) is 14. The number of nitro benzene ring substituents is 1. The predicted octanol–water partition coefficient (Wildman–Crippen LogP) is 4.44. The normalized spacial score (nSPS) is 11.7. The number of ether oxygens (including phenoxy) is 2. The fourth-order valence-corrected chi connectivity index (χ4v) is 6.17. The number of nitrogens with two attached hydrogens (primary N) is 2. The summed E-state index contributed by atoms with van der Waals surface area (Å²) < 4.78 is 13.5. The van der Waals surface area contributed by atoms with Gasteiger partial charge in [-0.05, 0) is 35.6 Å². The van der Waals surface area contributed by atoms with Gasteiger partial charge < -0.3 is 41.1 Å². The lowest BCUT2D eigenvalue weighted by Gasteiger charge is -2.15. The molecule has 0 aliphatic heterocycles. The minimum absolute atomic E-state index is 0.0114. The third kappa shape index (κ3) is 9.21. The van der Waals surface area contributed by atoms with E-state index in [1.165, 1.54) is 18.7 Å². The van der Waals surface area contributed by atoms with Crippen LogP contribution in [0.15, 0.2) is 85.5 Å². The first-order chi connectivity index (χ1) is 28.1.